The maximum absolute atomic E-state index is 12.8. The topological polar surface area (TPSA) is 76.5 Å². The van der Waals surface area contributed by atoms with E-state index in [0.29, 0.717) is 35.3 Å². The van der Waals surface area contributed by atoms with Crippen LogP contribution in [0.25, 0.3) is 5.69 Å². The molecule has 1 N–H and O–H groups in total. The van der Waals surface area contributed by atoms with Crippen molar-refractivity contribution in [2.75, 3.05) is 36.5 Å². The molecule has 8 heteroatoms. The number of aryl methyl sites for hydroxylation is 1. The van der Waals surface area contributed by atoms with Crippen molar-refractivity contribution in [2.45, 2.75) is 6.92 Å². The van der Waals surface area contributed by atoms with Gasteiger partial charge >= 0.3 is 0 Å². The van der Waals surface area contributed by atoms with Crippen molar-refractivity contribution in [1.29, 1.82) is 0 Å². The number of amides is 1. The second-order valence-corrected chi connectivity index (χ2v) is 7.37. The minimum Gasteiger partial charge on any atom is -0.378 e. The second-order valence-electron chi connectivity index (χ2n) is 6.96. The molecule has 0 bridgehead atoms. The maximum atomic E-state index is 12.8. The van der Waals surface area contributed by atoms with Gasteiger partial charge in [-0.25, -0.2) is 4.68 Å². The van der Waals surface area contributed by atoms with Crippen LogP contribution in [0.2, 0.25) is 5.02 Å². The first-order valence-electron chi connectivity index (χ1n) is 9.63. The van der Waals surface area contributed by atoms with Crippen molar-refractivity contribution in [2.24, 2.45) is 0 Å². The zero-order valence-electron chi connectivity index (χ0n) is 16.5. The van der Waals surface area contributed by atoms with Crippen LogP contribution >= 0.6 is 11.6 Å². The smallest absolute Gasteiger partial charge is 0.280 e. The summed E-state index contributed by atoms with van der Waals surface area (Å²) in [6, 6.07) is 16.0. The Morgan fingerprint density at radius 3 is 2.50 bits per heavy atom. The van der Waals surface area contributed by atoms with Gasteiger partial charge < -0.3 is 15.0 Å². The molecule has 7 nitrogen and oxygen atoms in total. The summed E-state index contributed by atoms with van der Waals surface area (Å²) >= 11 is 6.26. The highest BCUT2D eigenvalue weighted by Gasteiger charge is 2.17. The number of nitrogens with one attached hydrogen (secondary N) is 1. The minimum atomic E-state index is -0.570. The van der Waals surface area contributed by atoms with Gasteiger partial charge in [-0.15, -0.1) is 0 Å². The molecule has 1 aliphatic heterocycles. The van der Waals surface area contributed by atoms with Gasteiger partial charge in [-0.3, -0.25) is 9.59 Å². The first-order valence-corrected chi connectivity index (χ1v) is 10.0. The molecule has 2 heterocycles. The van der Waals surface area contributed by atoms with Crippen LogP contribution in [0.4, 0.5) is 11.4 Å². The van der Waals surface area contributed by atoms with Crippen LogP contribution in [-0.2, 0) is 4.74 Å². The van der Waals surface area contributed by atoms with Crippen molar-refractivity contribution in [1.82, 2.24) is 9.78 Å². The molecule has 1 aromatic heterocycles. The van der Waals surface area contributed by atoms with Crippen LogP contribution < -0.4 is 15.6 Å². The fourth-order valence-corrected chi connectivity index (χ4v) is 3.56. The summed E-state index contributed by atoms with van der Waals surface area (Å²) in [4.78, 5) is 27.4. The van der Waals surface area contributed by atoms with E-state index in [0.717, 1.165) is 18.8 Å². The van der Waals surface area contributed by atoms with E-state index >= 15 is 0 Å². The highest BCUT2D eigenvalue weighted by atomic mass is 35.5. The number of hydrogen-bond acceptors (Lipinski definition) is 5. The van der Waals surface area contributed by atoms with Gasteiger partial charge in [-0.1, -0.05) is 23.7 Å². The summed E-state index contributed by atoms with van der Waals surface area (Å²) < 4.78 is 6.87. The predicted molar refractivity (Wildman–Crippen MR) is 117 cm³/mol. The lowest BCUT2D eigenvalue weighted by atomic mass is 10.2. The van der Waals surface area contributed by atoms with Crippen LogP contribution in [0.5, 0.6) is 0 Å². The fourth-order valence-electron chi connectivity index (χ4n) is 3.34. The van der Waals surface area contributed by atoms with E-state index in [4.69, 9.17) is 16.3 Å². The normalized spacial score (nSPS) is 13.9. The lowest BCUT2D eigenvalue weighted by Crippen LogP contribution is -2.36. The molecule has 0 unspecified atom stereocenters. The average molecular weight is 425 g/mol. The first-order chi connectivity index (χ1) is 14.5. The lowest BCUT2D eigenvalue weighted by Gasteiger charge is -2.28. The van der Waals surface area contributed by atoms with Crippen LogP contribution in [-0.4, -0.2) is 42.0 Å². The number of carbonyl (C=O) groups is 1. The number of rotatable bonds is 4. The number of benzene rings is 2. The SMILES string of the molecule is Cc1cc(=O)c(C(=O)Nc2ccc(N3CCOCC3)cc2)nn1-c1ccccc1Cl. The highest BCUT2D eigenvalue weighted by Crippen LogP contribution is 2.21. The van der Waals surface area contributed by atoms with Gasteiger partial charge in [0.1, 0.15) is 0 Å². The first kappa shape index (κ1) is 20.1. The molecule has 0 atom stereocenters. The van der Waals surface area contributed by atoms with Gasteiger partial charge in [-0.05, 0) is 43.3 Å². The van der Waals surface area contributed by atoms with Crippen LogP contribution in [0.3, 0.4) is 0 Å². The number of halogens is 1. The zero-order valence-corrected chi connectivity index (χ0v) is 17.2. The molecule has 2 aromatic carbocycles. The van der Waals surface area contributed by atoms with Crippen LogP contribution in [0.1, 0.15) is 16.2 Å². The second kappa shape index (κ2) is 8.69. The van der Waals surface area contributed by atoms with E-state index < -0.39 is 11.3 Å². The molecule has 1 aliphatic rings. The lowest BCUT2D eigenvalue weighted by molar-refractivity contribution is 0.101. The molecule has 1 saturated heterocycles. The molecule has 154 valence electrons. The van der Waals surface area contributed by atoms with Gasteiger partial charge in [0.15, 0.2) is 5.69 Å². The van der Waals surface area contributed by atoms with E-state index in [1.807, 2.05) is 30.3 Å². The Labute approximate surface area is 178 Å². The summed E-state index contributed by atoms with van der Waals surface area (Å²) in [7, 11) is 0. The Morgan fingerprint density at radius 1 is 1.10 bits per heavy atom. The number of morpholine rings is 1. The molecular weight excluding hydrogens is 404 g/mol. The third-order valence-corrected chi connectivity index (χ3v) is 5.22. The van der Waals surface area contributed by atoms with Crippen molar-refractivity contribution in [3.8, 4) is 5.69 Å². The van der Waals surface area contributed by atoms with E-state index in [-0.39, 0.29) is 5.69 Å². The van der Waals surface area contributed by atoms with Crippen molar-refractivity contribution in [3.05, 3.63) is 81.2 Å². The molecule has 3 aromatic rings. The maximum Gasteiger partial charge on any atom is 0.280 e. The van der Waals surface area contributed by atoms with Gasteiger partial charge in [-0.2, -0.15) is 5.10 Å². The van der Waals surface area contributed by atoms with Gasteiger partial charge in [0, 0.05) is 36.2 Å². The number of para-hydroxylation sites is 1. The highest BCUT2D eigenvalue weighted by molar-refractivity contribution is 6.32. The van der Waals surface area contributed by atoms with Crippen molar-refractivity contribution in [3.63, 3.8) is 0 Å². The molecule has 0 spiro atoms. The van der Waals surface area contributed by atoms with Crippen molar-refractivity contribution < 1.29 is 9.53 Å². The Kier molecular flexibility index (Phi) is 5.83. The molecule has 0 saturated carbocycles. The predicted octanol–water partition coefficient (Wildman–Crippen LogP) is 3.28. The molecule has 4 rings (SSSR count). The minimum absolute atomic E-state index is 0.197. The number of anilines is 2. The van der Waals surface area contributed by atoms with E-state index in [2.05, 4.69) is 15.3 Å². The Hall–Kier alpha value is -3.16. The summed E-state index contributed by atoms with van der Waals surface area (Å²) in [5, 5.41) is 7.50. The monoisotopic (exact) mass is 424 g/mol. The number of nitrogens with zero attached hydrogens (tertiary/aromatic N) is 3. The van der Waals surface area contributed by atoms with Gasteiger partial charge in [0.05, 0.1) is 23.9 Å². The van der Waals surface area contributed by atoms with E-state index in [1.54, 1.807) is 25.1 Å². The Bertz CT molecular complexity index is 1120. The summed E-state index contributed by atoms with van der Waals surface area (Å²) in [5.74, 6) is -0.570. The van der Waals surface area contributed by atoms with E-state index in [1.165, 1.54) is 10.7 Å². The quantitative estimate of drug-likeness (QED) is 0.695. The molecule has 30 heavy (non-hydrogen) atoms. The molecule has 0 aliphatic carbocycles. The standard InChI is InChI=1S/C22H21ClN4O3/c1-15-14-20(28)21(25-27(15)19-5-3-2-4-18(19)23)22(29)24-16-6-8-17(9-7-16)26-10-12-30-13-11-26/h2-9,14H,10-13H2,1H3,(H,24,29). The third-order valence-electron chi connectivity index (χ3n) is 4.90. The van der Waals surface area contributed by atoms with E-state index in [9.17, 15) is 9.59 Å². The number of carbonyl (C=O) groups excluding carboxylic acids is 1. The Morgan fingerprint density at radius 2 is 1.80 bits per heavy atom. The summed E-state index contributed by atoms with van der Waals surface area (Å²) in [6.45, 7) is 4.81. The fraction of sp³-hybridized carbons (Fsp3) is 0.227. The number of ether oxygens (including phenoxy) is 1. The third kappa shape index (κ3) is 4.22. The van der Waals surface area contributed by atoms with Crippen LogP contribution in [0, 0.1) is 6.92 Å². The molecule has 1 amide bonds. The Balaban J connectivity index is 1.57. The molecular formula is C22H21ClN4O3. The van der Waals surface area contributed by atoms with Crippen LogP contribution in [0.15, 0.2) is 59.4 Å². The zero-order chi connectivity index (χ0) is 21.1. The van der Waals surface area contributed by atoms with Gasteiger partial charge in [0.25, 0.3) is 5.91 Å². The number of aromatic nitrogens is 2. The summed E-state index contributed by atoms with van der Waals surface area (Å²) in [6.07, 6.45) is 0. The average Bonchev–Trinajstić information content (AvgIpc) is 2.76. The summed E-state index contributed by atoms with van der Waals surface area (Å²) in [5.41, 5.74) is 2.19. The molecule has 1 fully saturated rings. The largest absolute Gasteiger partial charge is 0.378 e. The molecule has 0 radical (unpaired) electrons. The van der Waals surface area contributed by atoms with Crippen molar-refractivity contribution >= 4 is 28.9 Å². The van der Waals surface area contributed by atoms with Gasteiger partial charge in [0.2, 0.25) is 5.43 Å². The number of hydrogen-bond donors (Lipinski definition) is 1.